The maximum atomic E-state index is 12.8. The van der Waals surface area contributed by atoms with Gasteiger partial charge < -0.3 is 5.32 Å². The first kappa shape index (κ1) is 14.3. The Morgan fingerprint density at radius 2 is 1.83 bits per heavy atom. The van der Waals surface area contributed by atoms with Crippen molar-refractivity contribution in [1.82, 2.24) is 0 Å². The molecule has 1 aliphatic carbocycles. The Bertz CT molecular complexity index is 902. The molecule has 1 heterocycles. The van der Waals surface area contributed by atoms with Gasteiger partial charge in [0.25, 0.3) is 10.0 Å². The second kappa shape index (κ2) is 5.09. The molecule has 1 fully saturated rings. The highest BCUT2D eigenvalue weighted by molar-refractivity contribution is 7.92. The zero-order chi connectivity index (χ0) is 16.0. The molecule has 0 spiro atoms. The van der Waals surface area contributed by atoms with Gasteiger partial charge in [-0.1, -0.05) is 30.3 Å². The molecule has 5 nitrogen and oxygen atoms in total. The largest absolute Gasteiger partial charge is 0.324 e. The van der Waals surface area contributed by atoms with Crippen LogP contribution in [0.5, 0.6) is 0 Å². The molecule has 0 unspecified atom stereocenters. The summed E-state index contributed by atoms with van der Waals surface area (Å²) < 4.78 is 28.3. The Hall–Kier alpha value is -2.34. The van der Waals surface area contributed by atoms with Crippen LogP contribution in [0.15, 0.2) is 47.4 Å². The first-order chi connectivity index (χ1) is 11.0. The average Bonchev–Trinajstić information content (AvgIpc) is 3.29. The number of sulfonamides is 1. The summed E-state index contributed by atoms with van der Waals surface area (Å²) in [5.74, 6) is 0.217. The Balaban J connectivity index is 1.72. The SMILES string of the molecule is O=C1Cc2cccc(NS(=O)(=O)c3ccccc3C3CC3)c2N1. The minimum absolute atomic E-state index is 0.120. The van der Waals surface area contributed by atoms with Crippen molar-refractivity contribution in [2.75, 3.05) is 10.0 Å². The van der Waals surface area contributed by atoms with Crippen LogP contribution in [0.4, 0.5) is 11.4 Å². The highest BCUT2D eigenvalue weighted by Crippen LogP contribution is 2.43. The maximum Gasteiger partial charge on any atom is 0.262 e. The summed E-state index contributed by atoms with van der Waals surface area (Å²) in [6.45, 7) is 0. The van der Waals surface area contributed by atoms with Gasteiger partial charge in [-0.05, 0) is 42.0 Å². The van der Waals surface area contributed by atoms with Crippen molar-refractivity contribution in [2.45, 2.75) is 30.1 Å². The van der Waals surface area contributed by atoms with E-state index in [4.69, 9.17) is 0 Å². The number of carbonyl (C=O) groups is 1. The summed E-state index contributed by atoms with van der Waals surface area (Å²) in [5.41, 5.74) is 2.66. The molecule has 1 saturated carbocycles. The number of benzene rings is 2. The van der Waals surface area contributed by atoms with E-state index >= 15 is 0 Å². The lowest BCUT2D eigenvalue weighted by molar-refractivity contribution is -0.115. The first-order valence-corrected chi connectivity index (χ1v) is 9.06. The lowest BCUT2D eigenvalue weighted by Crippen LogP contribution is -2.16. The predicted octanol–water partition coefficient (Wildman–Crippen LogP) is 2.86. The molecule has 2 N–H and O–H groups in total. The van der Waals surface area contributed by atoms with Gasteiger partial charge in [0, 0.05) is 0 Å². The van der Waals surface area contributed by atoms with Gasteiger partial charge >= 0.3 is 0 Å². The van der Waals surface area contributed by atoms with Crippen LogP contribution in [0.2, 0.25) is 0 Å². The van der Waals surface area contributed by atoms with Crippen LogP contribution in [-0.2, 0) is 21.2 Å². The van der Waals surface area contributed by atoms with E-state index in [1.54, 1.807) is 24.3 Å². The highest BCUT2D eigenvalue weighted by atomic mass is 32.2. The molecule has 6 heteroatoms. The third kappa shape index (κ3) is 2.59. The molecule has 0 saturated heterocycles. The van der Waals surface area contributed by atoms with Crippen molar-refractivity contribution in [2.24, 2.45) is 0 Å². The van der Waals surface area contributed by atoms with Gasteiger partial charge in [0.15, 0.2) is 0 Å². The van der Waals surface area contributed by atoms with E-state index in [0.717, 1.165) is 24.0 Å². The van der Waals surface area contributed by atoms with E-state index in [1.165, 1.54) is 0 Å². The molecule has 0 aromatic heterocycles. The zero-order valence-corrected chi connectivity index (χ0v) is 13.2. The smallest absolute Gasteiger partial charge is 0.262 e. The molecular formula is C17H16N2O3S. The number of amides is 1. The van der Waals surface area contributed by atoms with Gasteiger partial charge in [0.05, 0.1) is 22.7 Å². The lowest BCUT2D eigenvalue weighted by atomic mass is 10.1. The van der Waals surface area contributed by atoms with Crippen molar-refractivity contribution in [3.05, 3.63) is 53.6 Å². The molecule has 0 atom stereocenters. The number of anilines is 2. The molecule has 0 bridgehead atoms. The summed E-state index contributed by atoms with van der Waals surface area (Å²) in [5, 5.41) is 2.72. The van der Waals surface area contributed by atoms with Gasteiger partial charge in [0.2, 0.25) is 5.91 Å². The molecule has 1 aliphatic heterocycles. The number of hydrogen-bond acceptors (Lipinski definition) is 3. The summed E-state index contributed by atoms with van der Waals surface area (Å²) >= 11 is 0. The normalized spacial score (nSPS) is 16.8. The Kier molecular flexibility index (Phi) is 3.16. The van der Waals surface area contributed by atoms with E-state index < -0.39 is 10.0 Å². The maximum absolute atomic E-state index is 12.8. The standard InChI is InChI=1S/C17H16N2O3S/c20-16-10-12-4-3-6-14(17(12)18-16)19-23(21,22)15-7-2-1-5-13(15)11-8-9-11/h1-7,11,19H,8-10H2,(H,18,20). The van der Waals surface area contributed by atoms with E-state index in [1.807, 2.05) is 18.2 Å². The molecular weight excluding hydrogens is 312 g/mol. The van der Waals surface area contributed by atoms with Crippen LogP contribution in [0.3, 0.4) is 0 Å². The van der Waals surface area contributed by atoms with Crippen molar-refractivity contribution in [1.29, 1.82) is 0 Å². The van der Waals surface area contributed by atoms with E-state index in [0.29, 0.717) is 22.2 Å². The van der Waals surface area contributed by atoms with Gasteiger partial charge in [-0.25, -0.2) is 8.42 Å². The highest BCUT2D eigenvalue weighted by Gasteiger charge is 2.31. The van der Waals surface area contributed by atoms with Gasteiger partial charge in [-0.15, -0.1) is 0 Å². The van der Waals surface area contributed by atoms with Crippen LogP contribution >= 0.6 is 0 Å². The van der Waals surface area contributed by atoms with Crippen LogP contribution in [-0.4, -0.2) is 14.3 Å². The molecule has 1 amide bonds. The van der Waals surface area contributed by atoms with Crippen LogP contribution < -0.4 is 10.0 Å². The minimum Gasteiger partial charge on any atom is -0.324 e. The molecule has 2 aliphatic rings. The quantitative estimate of drug-likeness (QED) is 0.906. The molecule has 4 rings (SSSR count). The molecule has 23 heavy (non-hydrogen) atoms. The third-order valence-electron chi connectivity index (χ3n) is 4.24. The minimum atomic E-state index is -3.69. The van der Waals surface area contributed by atoms with E-state index in [-0.39, 0.29) is 12.3 Å². The monoisotopic (exact) mass is 328 g/mol. The van der Waals surface area contributed by atoms with Gasteiger partial charge in [-0.2, -0.15) is 0 Å². The van der Waals surface area contributed by atoms with Gasteiger partial charge in [-0.3, -0.25) is 9.52 Å². The van der Waals surface area contributed by atoms with E-state index in [2.05, 4.69) is 10.0 Å². The van der Waals surface area contributed by atoms with Crippen LogP contribution in [0.25, 0.3) is 0 Å². The number of fused-ring (bicyclic) bond motifs is 1. The number of rotatable bonds is 4. The van der Waals surface area contributed by atoms with E-state index in [9.17, 15) is 13.2 Å². The van der Waals surface area contributed by atoms with Crippen LogP contribution in [0.1, 0.15) is 29.9 Å². The van der Waals surface area contributed by atoms with Crippen molar-refractivity contribution in [3.8, 4) is 0 Å². The lowest BCUT2D eigenvalue weighted by Gasteiger charge is -2.14. The van der Waals surface area contributed by atoms with Crippen molar-refractivity contribution in [3.63, 3.8) is 0 Å². The Labute approximate surface area is 134 Å². The topological polar surface area (TPSA) is 75.3 Å². The zero-order valence-electron chi connectivity index (χ0n) is 12.4. The Morgan fingerprint density at radius 3 is 2.61 bits per heavy atom. The molecule has 0 radical (unpaired) electrons. The average molecular weight is 328 g/mol. The van der Waals surface area contributed by atoms with Crippen molar-refractivity contribution < 1.29 is 13.2 Å². The number of para-hydroxylation sites is 1. The third-order valence-corrected chi connectivity index (χ3v) is 5.68. The number of hydrogen-bond donors (Lipinski definition) is 2. The van der Waals surface area contributed by atoms with Crippen LogP contribution in [0, 0.1) is 0 Å². The summed E-state index contributed by atoms with van der Waals surface area (Å²) in [6.07, 6.45) is 2.34. The second-order valence-electron chi connectivity index (χ2n) is 5.98. The Morgan fingerprint density at radius 1 is 1.04 bits per heavy atom. The summed E-state index contributed by atoms with van der Waals surface area (Å²) in [7, 11) is -3.69. The molecule has 118 valence electrons. The predicted molar refractivity (Wildman–Crippen MR) is 88.0 cm³/mol. The fourth-order valence-corrected chi connectivity index (χ4v) is 4.37. The molecule has 2 aromatic carbocycles. The second-order valence-corrected chi connectivity index (χ2v) is 7.63. The summed E-state index contributed by atoms with van der Waals surface area (Å²) in [6, 6.07) is 12.4. The fraction of sp³-hybridized carbons (Fsp3) is 0.235. The first-order valence-electron chi connectivity index (χ1n) is 7.58. The fourth-order valence-electron chi connectivity index (χ4n) is 2.99. The van der Waals surface area contributed by atoms with Gasteiger partial charge in [0.1, 0.15) is 0 Å². The molecule has 2 aromatic rings. The van der Waals surface area contributed by atoms with Crippen molar-refractivity contribution >= 4 is 27.3 Å². The number of nitrogens with one attached hydrogen (secondary N) is 2. The summed E-state index contributed by atoms with van der Waals surface area (Å²) in [4.78, 5) is 11.9. The number of carbonyl (C=O) groups excluding carboxylic acids is 1.